The average molecular weight is 363 g/mol. The second kappa shape index (κ2) is 8.72. The maximum atomic E-state index is 12.2. The topological polar surface area (TPSA) is 71.2 Å². The number of H-pyrrole nitrogens is 1. The molecule has 0 bridgehead atoms. The van der Waals surface area contributed by atoms with E-state index in [1.54, 1.807) is 26.0 Å². The first kappa shape index (κ1) is 19.1. The number of halogens is 1. The molecule has 0 aliphatic carbocycles. The van der Waals surface area contributed by atoms with E-state index >= 15 is 0 Å². The molecular weight excluding hydrogens is 340 g/mol. The molecule has 2 rings (SSSR count). The van der Waals surface area contributed by atoms with E-state index in [1.807, 2.05) is 12.1 Å². The molecule has 0 aliphatic heterocycles. The first-order chi connectivity index (χ1) is 11.9. The van der Waals surface area contributed by atoms with Gasteiger partial charge >= 0.3 is 0 Å². The monoisotopic (exact) mass is 362 g/mol. The van der Waals surface area contributed by atoms with Crippen LogP contribution in [0.15, 0.2) is 24.3 Å². The molecule has 134 valence electrons. The molecule has 1 amide bonds. The van der Waals surface area contributed by atoms with Gasteiger partial charge in [0.15, 0.2) is 5.78 Å². The Kier molecular flexibility index (Phi) is 6.65. The molecule has 0 aliphatic rings. The van der Waals surface area contributed by atoms with Gasteiger partial charge in [-0.3, -0.25) is 9.59 Å². The third-order valence-electron chi connectivity index (χ3n) is 3.96. The molecule has 0 atom stereocenters. The molecule has 1 aromatic carbocycles. The van der Waals surface area contributed by atoms with Crippen molar-refractivity contribution in [1.29, 1.82) is 0 Å². The molecule has 6 heteroatoms. The highest BCUT2D eigenvalue weighted by Crippen LogP contribution is 2.18. The van der Waals surface area contributed by atoms with Gasteiger partial charge in [-0.15, -0.1) is 0 Å². The van der Waals surface area contributed by atoms with E-state index in [4.69, 9.17) is 16.3 Å². The molecule has 0 spiro atoms. The van der Waals surface area contributed by atoms with Crippen LogP contribution in [0, 0.1) is 13.8 Å². The number of aromatic nitrogens is 1. The molecule has 5 nitrogen and oxygen atoms in total. The van der Waals surface area contributed by atoms with E-state index in [0.717, 1.165) is 24.3 Å². The number of amides is 1. The van der Waals surface area contributed by atoms with Crippen molar-refractivity contribution in [3.05, 3.63) is 51.8 Å². The Hall–Kier alpha value is -2.27. The highest BCUT2D eigenvalue weighted by atomic mass is 35.5. The summed E-state index contributed by atoms with van der Waals surface area (Å²) in [5.41, 5.74) is 2.49. The summed E-state index contributed by atoms with van der Waals surface area (Å²) in [4.78, 5) is 26.9. The van der Waals surface area contributed by atoms with Crippen LogP contribution in [-0.2, 0) is 0 Å². The predicted octanol–water partition coefficient (Wildman–Crippen LogP) is 4.08. The highest BCUT2D eigenvalue weighted by molar-refractivity contribution is 6.30. The van der Waals surface area contributed by atoms with Crippen LogP contribution in [0.5, 0.6) is 5.75 Å². The van der Waals surface area contributed by atoms with E-state index in [0.29, 0.717) is 35.0 Å². The lowest BCUT2D eigenvalue weighted by atomic mass is 10.1. The molecule has 1 aromatic heterocycles. The Bertz CT molecular complexity index is 751. The SMILES string of the molecule is CC(=O)c1c(C)[nH]c(C(=O)NCCCCOc2ccc(Cl)cc2)c1C. The van der Waals surface area contributed by atoms with E-state index in [9.17, 15) is 9.59 Å². The quantitative estimate of drug-likeness (QED) is 0.549. The normalized spacial score (nSPS) is 10.6. The number of rotatable bonds is 8. The van der Waals surface area contributed by atoms with E-state index in [1.165, 1.54) is 6.92 Å². The molecule has 0 saturated heterocycles. The van der Waals surface area contributed by atoms with Gasteiger partial charge in [-0.05, 0) is 63.4 Å². The van der Waals surface area contributed by atoms with Gasteiger partial charge in [0.25, 0.3) is 5.91 Å². The molecule has 0 saturated carbocycles. The van der Waals surface area contributed by atoms with Gasteiger partial charge in [0.1, 0.15) is 11.4 Å². The number of benzene rings is 1. The minimum Gasteiger partial charge on any atom is -0.494 e. The fraction of sp³-hybridized carbons (Fsp3) is 0.368. The van der Waals surface area contributed by atoms with Crippen molar-refractivity contribution in [2.24, 2.45) is 0 Å². The molecule has 0 fully saturated rings. The summed E-state index contributed by atoms with van der Waals surface area (Å²) in [5.74, 6) is 0.555. The smallest absolute Gasteiger partial charge is 0.268 e. The van der Waals surface area contributed by atoms with Gasteiger partial charge in [0.2, 0.25) is 0 Å². The summed E-state index contributed by atoms with van der Waals surface area (Å²) < 4.78 is 5.60. The van der Waals surface area contributed by atoms with Crippen LogP contribution in [0.2, 0.25) is 5.02 Å². The zero-order valence-electron chi connectivity index (χ0n) is 14.7. The van der Waals surface area contributed by atoms with Crippen LogP contribution >= 0.6 is 11.6 Å². The van der Waals surface area contributed by atoms with Crippen LogP contribution in [-0.4, -0.2) is 29.8 Å². The fourth-order valence-electron chi connectivity index (χ4n) is 2.74. The minimum atomic E-state index is -0.188. The van der Waals surface area contributed by atoms with Gasteiger partial charge in [-0.1, -0.05) is 11.6 Å². The number of ether oxygens (including phenoxy) is 1. The van der Waals surface area contributed by atoms with Crippen molar-refractivity contribution in [2.75, 3.05) is 13.2 Å². The maximum Gasteiger partial charge on any atom is 0.268 e. The second-order valence-electron chi connectivity index (χ2n) is 5.95. The van der Waals surface area contributed by atoms with Crippen molar-refractivity contribution in [3.63, 3.8) is 0 Å². The number of aromatic amines is 1. The van der Waals surface area contributed by atoms with Gasteiger partial charge in [-0.25, -0.2) is 0 Å². The van der Waals surface area contributed by atoms with E-state index < -0.39 is 0 Å². The largest absolute Gasteiger partial charge is 0.494 e. The van der Waals surface area contributed by atoms with E-state index in [2.05, 4.69) is 10.3 Å². The number of carbonyl (C=O) groups is 2. The van der Waals surface area contributed by atoms with Crippen LogP contribution in [0.4, 0.5) is 0 Å². The van der Waals surface area contributed by atoms with Gasteiger partial charge in [0, 0.05) is 22.8 Å². The van der Waals surface area contributed by atoms with Crippen molar-refractivity contribution < 1.29 is 14.3 Å². The van der Waals surface area contributed by atoms with Gasteiger partial charge in [0.05, 0.1) is 6.61 Å². The highest BCUT2D eigenvalue weighted by Gasteiger charge is 2.19. The average Bonchev–Trinajstić information content (AvgIpc) is 2.87. The van der Waals surface area contributed by atoms with Crippen molar-refractivity contribution in [1.82, 2.24) is 10.3 Å². The van der Waals surface area contributed by atoms with E-state index in [-0.39, 0.29) is 11.7 Å². The summed E-state index contributed by atoms with van der Waals surface area (Å²) in [6.45, 7) is 6.22. The van der Waals surface area contributed by atoms with Crippen molar-refractivity contribution in [2.45, 2.75) is 33.6 Å². The molecule has 0 radical (unpaired) electrons. The van der Waals surface area contributed by atoms with Crippen molar-refractivity contribution >= 4 is 23.3 Å². The summed E-state index contributed by atoms with van der Waals surface area (Å²) in [6.07, 6.45) is 1.63. The number of hydrogen-bond donors (Lipinski definition) is 2. The Morgan fingerprint density at radius 3 is 2.44 bits per heavy atom. The lowest BCUT2D eigenvalue weighted by molar-refractivity contribution is 0.0947. The molecule has 2 N–H and O–H groups in total. The third-order valence-corrected chi connectivity index (χ3v) is 4.21. The van der Waals surface area contributed by atoms with Crippen LogP contribution in [0.25, 0.3) is 0 Å². The number of carbonyl (C=O) groups excluding carboxylic acids is 2. The Labute approximate surface area is 152 Å². The maximum absolute atomic E-state index is 12.2. The number of unbranched alkanes of at least 4 members (excludes halogenated alkanes) is 1. The zero-order chi connectivity index (χ0) is 18.4. The third kappa shape index (κ3) is 5.10. The first-order valence-corrected chi connectivity index (χ1v) is 8.64. The Balaban J connectivity index is 1.73. The lowest BCUT2D eigenvalue weighted by Crippen LogP contribution is -2.25. The second-order valence-corrected chi connectivity index (χ2v) is 6.38. The number of nitrogens with one attached hydrogen (secondary N) is 2. The Morgan fingerprint density at radius 1 is 1.16 bits per heavy atom. The van der Waals surface area contributed by atoms with Crippen LogP contribution in [0.1, 0.15) is 51.9 Å². The summed E-state index contributed by atoms with van der Waals surface area (Å²) in [6, 6.07) is 7.22. The molecule has 1 heterocycles. The molecular formula is C19H23ClN2O3. The minimum absolute atomic E-state index is 0.0374. The van der Waals surface area contributed by atoms with Crippen LogP contribution in [0.3, 0.4) is 0 Å². The molecule has 0 unspecified atom stereocenters. The Morgan fingerprint density at radius 2 is 1.84 bits per heavy atom. The summed E-state index contributed by atoms with van der Waals surface area (Å²) in [5, 5.41) is 3.55. The van der Waals surface area contributed by atoms with Gasteiger partial charge < -0.3 is 15.0 Å². The van der Waals surface area contributed by atoms with Crippen molar-refractivity contribution in [3.8, 4) is 5.75 Å². The van der Waals surface area contributed by atoms with Crippen LogP contribution < -0.4 is 10.1 Å². The molecule has 25 heavy (non-hydrogen) atoms. The lowest BCUT2D eigenvalue weighted by Gasteiger charge is -2.07. The standard InChI is InChI=1S/C19H23ClN2O3/c1-12-17(14(3)23)13(2)22-18(12)19(24)21-10-4-5-11-25-16-8-6-15(20)7-9-16/h6-9,22H,4-5,10-11H2,1-3H3,(H,21,24). The summed E-state index contributed by atoms with van der Waals surface area (Å²) in [7, 11) is 0. The summed E-state index contributed by atoms with van der Waals surface area (Å²) >= 11 is 5.82. The number of aryl methyl sites for hydroxylation is 1. The predicted molar refractivity (Wildman–Crippen MR) is 98.8 cm³/mol. The zero-order valence-corrected chi connectivity index (χ0v) is 15.5. The molecule has 2 aromatic rings. The number of hydrogen-bond acceptors (Lipinski definition) is 3. The number of Topliss-reactive ketones (excluding diaryl/α,β-unsaturated/α-hetero) is 1. The first-order valence-electron chi connectivity index (χ1n) is 8.26. The number of ketones is 1. The fourth-order valence-corrected chi connectivity index (χ4v) is 2.87. The van der Waals surface area contributed by atoms with Gasteiger partial charge in [-0.2, -0.15) is 0 Å².